The second-order valence-corrected chi connectivity index (χ2v) is 6.87. The summed E-state index contributed by atoms with van der Waals surface area (Å²) in [5.41, 5.74) is 1.16. The van der Waals surface area contributed by atoms with E-state index in [0.29, 0.717) is 5.56 Å². The molecule has 0 aliphatic rings. The maximum Gasteiger partial charge on any atom is 0.342 e. The summed E-state index contributed by atoms with van der Waals surface area (Å²) in [4.78, 5) is 11.8. The van der Waals surface area contributed by atoms with E-state index in [1.165, 1.54) is 13.0 Å². The third-order valence-corrected chi connectivity index (χ3v) is 4.92. The molecule has 0 unspecified atom stereocenters. The number of carbonyl (C=O) groups excluding carboxylic acids is 1. The summed E-state index contributed by atoms with van der Waals surface area (Å²) in [7, 11) is -2.81. The predicted octanol–water partition coefficient (Wildman–Crippen LogP) is 2.66. The topological polar surface area (TPSA) is 109 Å². The van der Waals surface area contributed by atoms with Crippen LogP contribution in [0.3, 0.4) is 0 Å². The highest BCUT2D eigenvalue weighted by Gasteiger charge is 2.28. The summed E-state index contributed by atoms with van der Waals surface area (Å²) in [5, 5.41) is 9.26. The molecule has 7 nitrogen and oxygen atoms in total. The lowest BCUT2D eigenvalue weighted by atomic mass is 10.1. The molecule has 0 spiro atoms. The fraction of sp³-hybridized carbons (Fsp3) is 0.250. The number of carbonyl (C=O) groups is 1. The summed E-state index contributed by atoms with van der Waals surface area (Å²) in [6.45, 7) is 4.96. The van der Waals surface area contributed by atoms with Gasteiger partial charge in [0.1, 0.15) is 23.0 Å². The number of methoxy groups -OCH3 is 1. The second kappa shape index (κ2) is 6.37. The van der Waals surface area contributed by atoms with E-state index >= 15 is 0 Å². The summed E-state index contributed by atoms with van der Waals surface area (Å²) in [5.74, 6) is -0.989. The number of nitriles is 1. The number of esters is 1. The minimum Gasteiger partial charge on any atom is -0.465 e. The van der Waals surface area contributed by atoms with E-state index in [1.807, 2.05) is 6.92 Å². The quantitative estimate of drug-likeness (QED) is 0.851. The van der Waals surface area contributed by atoms with Crippen molar-refractivity contribution in [3.05, 3.63) is 46.2 Å². The summed E-state index contributed by atoms with van der Waals surface area (Å²) in [6.07, 6.45) is 0. The van der Waals surface area contributed by atoms with Crippen LogP contribution in [0.25, 0.3) is 0 Å². The molecule has 1 aromatic heterocycles. The van der Waals surface area contributed by atoms with E-state index in [-0.39, 0.29) is 27.7 Å². The molecule has 0 atom stereocenters. The number of furan rings is 1. The molecule has 0 fully saturated rings. The average Bonchev–Trinajstić information content (AvgIpc) is 2.80. The Morgan fingerprint density at radius 3 is 2.50 bits per heavy atom. The highest BCUT2D eigenvalue weighted by Crippen LogP contribution is 2.29. The maximum absolute atomic E-state index is 12.6. The highest BCUT2D eigenvalue weighted by molar-refractivity contribution is 7.92. The molecule has 0 saturated carbocycles. The van der Waals surface area contributed by atoms with Gasteiger partial charge in [-0.25, -0.2) is 17.9 Å². The predicted molar refractivity (Wildman–Crippen MR) is 86.2 cm³/mol. The van der Waals surface area contributed by atoms with Gasteiger partial charge in [-0.2, -0.15) is 5.26 Å². The molecule has 0 aliphatic heterocycles. The Kier molecular flexibility index (Phi) is 4.66. The highest BCUT2D eigenvalue weighted by atomic mass is 32.2. The fourth-order valence-electron chi connectivity index (χ4n) is 2.35. The largest absolute Gasteiger partial charge is 0.465 e. The van der Waals surface area contributed by atoms with Crippen molar-refractivity contribution in [2.45, 2.75) is 25.7 Å². The first-order valence-electron chi connectivity index (χ1n) is 6.93. The number of aryl methyl sites for hydroxylation is 3. The van der Waals surface area contributed by atoms with Crippen molar-refractivity contribution in [1.82, 2.24) is 0 Å². The van der Waals surface area contributed by atoms with Gasteiger partial charge in [-0.3, -0.25) is 0 Å². The Morgan fingerprint density at radius 1 is 1.29 bits per heavy atom. The number of anilines is 1. The minimum absolute atomic E-state index is 0.0608. The van der Waals surface area contributed by atoms with Crippen molar-refractivity contribution >= 4 is 21.9 Å². The standard InChI is InChI=1S/C16H16N2O5S/c1-9-5-6-13(10(2)7-9)24(20,21)18-15-12(8-17)14(11(3)23-15)16(19)22-4/h5-7,18H,1-4H3. The summed E-state index contributed by atoms with van der Waals surface area (Å²) in [6, 6.07) is 6.64. The monoisotopic (exact) mass is 348 g/mol. The molecule has 1 heterocycles. The van der Waals surface area contributed by atoms with E-state index < -0.39 is 16.0 Å². The lowest BCUT2D eigenvalue weighted by molar-refractivity contribution is 0.0598. The number of nitrogens with zero attached hydrogens (tertiary/aromatic N) is 1. The molecule has 0 bridgehead atoms. The number of ether oxygens (including phenoxy) is 1. The van der Waals surface area contributed by atoms with Gasteiger partial charge in [-0.15, -0.1) is 0 Å². The molecule has 24 heavy (non-hydrogen) atoms. The van der Waals surface area contributed by atoms with Crippen LogP contribution >= 0.6 is 0 Å². The van der Waals surface area contributed by atoms with Gasteiger partial charge in [-0.1, -0.05) is 17.7 Å². The number of hydrogen-bond acceptors (Lipinski definition) is 6. The first-order chi connectivity index (χ1) is 11.2. The number of benzene rings is 1. The molecule has 1 N–H and O–H groups in total. The molecule has 0 amide bonds. The fourth-order valence-corrected chi connectivity index (χ4v) is 3.58. The lowest BCUT2D eigenvalue weighted by Gasteiger charge is -2.09. The van der Waals surface area contributed by atoms with Gasteiger partial charge in [-0.05, 0) is 32.4 Å². The molecule has 1 aromatic carbocycles. The number of rotatable bonds is 4. The molecule has 0 saturated heterocycles. The van der Waals surface area contributed by atoms with Crippen LogP contribution in [0.5, 0.6) is 0 Å². The van der Waals surface area contributed by atoms with Crippen LogP contribution in [0.15, 0.2) is 27.5 Å². The first kappa shape index (κ1) is 17.6. The SMILES string of the molecule is COC(=O)c1c(C)oc(NS(=O)(=O)c2ccc(C)cc2C)c1C#N. The molecular weight excluding hydrogens is 332 g/mol. The normalized spacial score (nSPS) is 11.0. The molecular formula is C16H16N2O5S. The summed E-state index contributed by atoms with van der Waals surface area (Å²) < 4.78 is 37.2. The van der Waals surface area contributed by atoms with Crippen LogP contribution < -0.4 is 4.72 Å². The zero-order valence-corrected chi connectivity index (χ0v) is 14.4. The van der Waals surface area contributed by atoms with Crippen LogP contribution in [0, 0.1) is 32.1 Å². The van der Waals surface area contributed by atoms with Crippen LogP contribution in [-0.2, 0) is 14.8 Å². The van der Waals surface area contributed by atoms with Gasteiger partial charge >= 0.3 is 5.97 Å². The third-order valence-electron chi connectivity index (χ3n) is 3.43. The van der Waals surface area contributed by atoms with Gasteiger partial charge in [0.05, 0.1) is 12.0 Å². The van der Waals surface area contributed by atoms with Crippen LogP contribution in [0.1, 0.15) is 32.8 Å². The van der Waals surface area contributed by atoms with Gasteiger partial charge in [0.25, 0.3) is 10.0 Å². The number of hydrogen-bond donors (Lipinski definition) is 1. The van der Waals surface area contributed by atoms with Crippen molar-refractivity contribution in [1.29, 1.82) is 5.26 Å². The molecule has 0 radical (unpaired) electrons. The van der Waals surface area contributed by atoms with Crippen molar-refractivity contribution in [2.75, 3.05) is 11.8 Å². The number of sulfonamides is 1. The van der Waals surface area contributed by atoms with E-state index in [1.54, 1.807) is 25.1 Å². The van der Waals surface area contributed by atoms with Gasteiger partial charge in [0.15, 0.2) is 0 Å². The first-order valence-corrected chi connectivity index (χ1v) is 8.41. The van der Waals surface area contributed by atoms with Crippen molar-refractivity contribution < 1.29 is 22.4 Å². The van der Waals surface area contributed by atoms with Crippen molar-refractivity contribution in [3.8, 4) is 6.07 Å². The van der Waals surface area contributed by atoms with Crippen LogP contribution in [0.2, 0.25) is 0 Å². The Balaban J connectivity index is 2.51. The van der Waals surface area contributed by atoms with Crippen molar-refractivity contribution in [3.63, 3.8) is 0 Å². The minimum atomic E-state index is -3.98. The lowest BCUT2D eigenvalue weighted by Crippen LogP contribution is -2.15. The number of nitrogens with one attached hydrogen (secondary N) is 1. The second-order valence-electron chi connectivity index (χ2n) is 5.22. The Labute approximate surface area is 139 Å². The zero-order chi connectivity index (χ0) is 18.1. The summed E-state index contributed by atoms with van der Waals surface area (Å²) >= 11 is 0. The average molecular weight is 348 g/mol. The molecule has 126 valence electrons. The molecule has 8 heteroatoms. The van der Waals surface area contributed by atoms with E-state index in [9.17, 15) is 18.5 Å². The Bertz CT molecular complexity index is 952. The van der Waals surface area contributed by atoms with E-state index in [4.69, 9.17) is 4.42 Å². The Morgan fingerprint density at radius 2 is 1.96 bits per heavy atom. The molecule has 0 aliphatic carbocycles. The van der Waals surface area contributed by atoms with Crippen LogP contribution in [0.4, 0.5) is 5.88 Å². The van der Waals surface area contributed by atoms with Gasteiger partial charge in [0.2, 0.25) is 5.88 Å². The Hall–Kier alpha value is -2.79. The molecule has 2 aromatic rings. The zero-order valence-electron chi connectivity index (χ0n) is 13.6. The van der Waals surface area contributed by atoms with Gasteiger partial charge < -0.3 is 9.15 Å². The van der Waals surface area contributed by atoms with Gasteiger partial charge in [0, 0.05) is 0 Å². The maximum atomic E-state index is 12.6. The smallest absolute Gasteiger partial charge is 0.342 e. The molecule has 2 rings (SSSR count). The van der Waals surface area contributed by atoms with E-state index in [0.717, 1.165) is 12.7 Å². The third kappa shape index (κ3) is 3.12. The van der Waals surface area contributed by atoms with E-state index in [2.05, 4.69) is 9.46 Å². The van der Waals surface area contributed by atoms with Crippen LogP contribution in [-0.4, -0.2) is 21.5 Å². The van der Waals surface area contributed by atoms with Crippen molar-refractivity contribution in [2.24, 2.45) is 0 Å².